The van der Waals surface area contributed by atoms with Crippen LogP contribution in [0.4, 0.5) is 22.7 Å². The first-order valence-electron chi connectivity index (χ1n) is 18.6. The molecule has 0 aromatic heterocycles. The Bertz CT molecular complexity index is 1760. The topological polar surface area (TPSA) is 209 Å². The van der Waals surface area contributed by atoms with E-state index in [2.05, 4.69) is 0 Å². The van der Waals surface area contributed by atoms with Gasteiger partial charge in [0.05, 0.1) is 46.1 Å². The highest BCUT2D eigenvalue weighted by molar-refractivity contribution is 5.62. The first-order chi connectivity index (χ1) is 26.9. The number of hydrogen-bond donors (Lipinski definition) is 0. The molecule has 0 atom stereocenters. The molecule has 4 aromatic carbocycles. The summed E-state index contributed by atoms with van der Waals surface area (Å²) >= 11 is 0. The molecule has 16 nitrogen and oxygen atoms in total. The summed E-state index contributed by atoms with van der Waals surface area (Å²) < 4.78 is 25.2. The van der Waals surface area contributed by atoms with E-state index in [9.17, 15) is 40.5 Å². The molecule has 0 fully saturated rings. The van der Waals surface area contributed by atoms with E-state index in [1.807, 2.05) is 27.7 Å². The van der Waals surface area contributed by atoms with Crippen LogP contribution in [0.3, 0.4) is 0 Å². The number of non-ortho nitro benzene ring substituents is 4. The summed E-state index contributed by atoms with van der Waals surface area (Å²) in [5.74, 6) is 1.18. The van der Waals surface area contributed by atoms with Crippen LogP contribution in [0.5, 0.6) is 23.0 Å². The van der Waals surface area contributed by atoms with Crippen LogP contribution < -0.4 is 18.9 Å². The Morgan fingerprint density at radius 2 is 0.536 bits per heavy atom. The molecular formula is C40H44N4O12. The standard InChI is InChI=1S/C40H44N4O12/c1-5-9-53-37-25-13-27-19-34(42(47)48)21-29(38(27)54-10-6-2)15-31-23-36(44(51)52)24-32(40(31)56-12-8-4)16-30-22-35(43(49)50)20-28(39(30)55-11-7-3)14-26(37)18-33(17-25)41(45)46/h17-24H,5-16H2,1-4H3. The van der Waals surface area contributed by atoms with Crippen molar-refractivity contribution in [3.8, 4) is 23.0 Å². The van der Waals surface area contributed by atoms with Crippen molar-refractivity contribution in [1.29, 1.82) is 0 Å². The maximum absolute atomic E-state index is 12.4. The van der Waals surface area contributed by atoms with E-state index in [0.29, 0.717) is 93.2 Å². The minimum atomic E-state index is -0.549. The molecule has 0 aliphatic heterocycles. The molecule has 0 saturated heterocycles. The molecular weight excluding hydrogens is 728 g/mol. The van der Waals surface area contributed by atoms with Crippen LogP contribution >= 0.6 is 0 Å². The van der Waals surface area contributed by atoms with Crippen molar-refractivity contribution in [3.63, 3.8) is 0 Å². The van der Waals surface area contributed by atoms with Crippen LogP contribution in [0, 0.1) is 40.5 Å². The zero-order valence-corrected chi connectivity index (χ0v) is 31.8. The number of rotatable bonds is 16. The third-order valence-corrected chi connectivity index (χ3v) is 9.08. The average molecular weight is 773 g/mol. The highest BCUT2D eigenvalue weighted by Gasteiger charge is 2.29. The van der Waals surface area contributed by atoms with E-state index in [4.69, 9.17) is 18.9 Å². The van der Waals surface area contributed by atoms with Gasteiger partial charge in [0.2, 0.25) is 0 Å². The number of nitro benzene ring substituents is 4. The van der Waals surface area contributed by atoms with E-state index in [-0.39, 0.29) is 74.9 Å². The first-order valence-corrected chi connectivity index (χ1v) is 18.6. The molecule has 56 heavy (non-hydrogen) atoms. The highest BCUT2D eigenvalue weighted by Crippen LogP contribution is 2.43. The third-order valence-electron chi connectivity index (χ3n) is 9.08. The van der Waals surface area contributed by atoms with Gasteiger partial charge in [0, 0.05) is 119 Å². The molecule has 0 spiro atoms. The minimum absolute atomic E-state index is 0.0970. The summed E-state index contributed by atoms with van der Waals surface area (Å²) in [6, 6.07) is 10.9. The van der Waals surface area contributed by atoms with Crippen LogP contribution in [0.1, 0.15) is 97.9 Å². The first kappa shape index (κ1) is 40.9. The molecule has 1 aliphatic rings. The normalized spacial score (nSPS) is 12.1. The molecule has 4 aromatic rings. The summed E-state index contributed by atoms with van der Waals surface area (Å²) in [6.45, 7) is 8.49. The van der Waals surface area contributed by atoms with Crippen LogP contribution in [-0.4, -0.2) is 46.1 Å². The van der Waals surface area contributed by atoms with E-state index < -0.39 is 19.7 Å². The predicted octanol–water partition coefficient (Wildman–Crippen LogP) is 9.15. The lowest BCUT2D eigenvalue weighted by Gasteiger charge is -2.22. The van der Waals surface area contributed by atoms with Gasteiger partial charge in [-0.3, -0.25) is 40.5 Å². The SMILES string of the molecule is CCCOc1c2cc([N+](=O)[O-])cc1Cc1cc([N+](=O)[O-])cc(c1OCCC)Cc1cc([N+](=O)[O-])cc(c1OCCC)Cc1cc([N+](=O)[O-])cc(c1OCCC)C2. The summed E-state index contributed by atoms with van der Waals surface area (Å²) in [6.07, 6.45) is 1.94. The van der Waals surface area contributed by atoms with Crippen molar-refractivity contribution in [3.05, 3.63) is 133 Å². The van der Waals surface area contributed by atoms with Crippen molar-refractivity contribution in [2.75, 3.05) is 26.4 Å². The second-order valence-electron chi connectivity index (χ2n) is 13.5. The third kappa shape index (κ3) is 9.30. The lowest BCUT2D eigenvalue weighted by molar-refractivity contribution is -0.385. The fourth-order valence-corrected chi connectivity index (χ4v) is 6.79. The molecule has 296 valence electrons. The Morgan fingerprint density at radius 1 is 0.375 bits per heavy atom. The van der Waals surface area contributed by atoms with Gasteiger partial charge >= 0.3 is 0 Å². The van der Waals surface area contributed by atoms with Gasteiger partial charge in [-0.05, 0) is 25.7 Å². The maximum Gasteiger partial charge on any atom is 0.270 e. The Kier molecular flexibility index (Phi) is 13.4. The largest absolute Gasteiger partial charge is 0.493 e. The van der Waals surface area contributed by atoms with Crippen LogP contribution in [0.15, 0.2) is 48.5 Å². The summed E-state index contributed by atoms with van der Waals surface area (Å²) in [5.41, 5.74) is 1.63. The van der Waals surface area contributed by atoms with Crippen molar-refractivity contribution >= 4 is 22.7 Å². The van der Waals surface area contributed by atoms with Crippen LogP contribution in [0.2, 0.25) is 0 Å². The second-order valence-corrected chi connectivity index (χ2v) is 13.5. The quantitative estimate of drug-likeness (QED) is 0.0679. The number of benzene rings is 4. The Morgan fingerprint density at radius 3 is 0.661 bits per heavy atom. The molecule has 0 N–H and O–H groups in total. The average Bonchev–Trinajstić information content (AvgIpc) is 3.15. The Hall–Kier alpha value is -6.32. The van der Waals surface area contributed by atoms with Gasteiger partial charge in [-0.15, -0.1) is 0 Å². The molecule has 0 unspecified atom stereocenters. The second kappa shape index (κ2) is 18.3. The lowest BCUT2D eigenvalue weighted by atomic mass is 9.90. The van der Waals surface area contributed by atoms with Crippen LogP contribution in [0.25, 0.3) is 0 Å². The summed E-state index contributed by atoms with van der Waals surface area (Å²) in [7, 11) is 0. The molecule has 1 aliphatic carbocycles. The monoisotopic (exact) mass is 772 g/mol. The summed E-state index contributed by atoms with van der Waals surface area (Å²) in [5, 5.41) is 49.8. The zero-order chi connectivity index (χ0) is 40.5. The molecule has 0 saturated carbocycles. The zero-order valence-electron chi connectivity index (χ0n) is 31.8. The van der Waals surface area contributed by atoms with Crippen LogP contribution in [-0.2, 0) is 25.7 Å². The number of fused-ring (bicyclic) bond motifs is 8. The molecule has 5 rings (SSSR count). The van der Waals surface area contributed by atoms with Crippen molar-refractivity contribution in [2.45, 2.75) is 79.1 Å². The molecule has 16 heteroatoms. The van der Waals surface area contributed by atoms with E-state index in [0.717, 1.165) is 0 Å². The fraction of sp³-hybridized carbons (Fsp3) is 0.400. The van der Waals surface area contributed by atoms with Gasteiger partial charge in [0.1, 0.15) is 23.0 Å². The Labute approximate surface area is 323 Å². The Balaban J connectivity index is 1.97. The highest BCUT2D eigenvalue weighted by atomic mass is 16.6. The van der Waals surface area contributed by atoms with E-state index in [1.165, 1.54) is 48.5 Å². The number of hydrogen-bond acceptors (Lipinski definition) is 12. The van der Waals surface area contributed by atoms with Crippen molar-refractivity contribution in [2.24, 2.45) is 0 Å². The van der Waals surface area contributed by atoms with Crippen molar-refractivity contribution < 1.29 is 38.6 Å². The molecule has 0 heterocycles. The van der Waals surface area contributed by atoms with Crippen molar-refractivity contribution in [1.82, 2.24) is 0 Å². The molecule has 8 bridgehead atoms. The summed E-state index contributed by atoms with van der Waals surface area (Å²) in [4.78, 5) is 47.6. The minimum Gasteiger partial charge on any atom is -0.493 e. The van der Waals surface area contributed by atoms with E-state index in [1.54, 1.807) is 0 Å². The van der Waals surface area contributed by atoms with Gasteiger partial charge in [-0.25, -0.2) is 0 Å². The smallest absolute Gasteiger partial charge is 0.270 e. The molecule has 0 amide bonds. The number of nitro groups is 4. The predicted molar refractivity (Wildman–Crippen MR) is 207 cm³/mol. The number of nitrogens with zero attached hydrogens (tertiary/aromatic N) is 4. The fourth-order valence-electron chi connectivity index (χ4n) is 6.79. The maximum atomic E-state index is 12.4. The van der Waals surface area contributed by atoms with Gasteiger partial charge in [0.15, 0.2) is 0 Å². The van der Waals surface area contributed by atoms with E-state index >= 15 is 0 Å². The van der Waals surface area contributed by atoms with Gasteiger partial charge in [-0.1, -0.05) is 27.7 Å². The van der Waals surface area contributed by atoms with Gasteiger partial charge in [0.25, 0.3) is 22.7 Å². The molecule has 0 radical (unpaired) electrons. The lowest BCUT2D eigenvalue weighted by Crippen LogP contribution is -2.11. The number of ether oxygens (including phenoxy) is 4. The van der Waals surface area contributed by atoms with Gasteiger partial charge in [-0.2, -0.15) is 0 Å². The van der Waals surface area contributed by atoms with Gasteiger partial charge < -0.3 is 18.9 Å².